The maximum Gasteiger partial charge on any atom is 0.163 e. The lowest BCUT2D eigenvalue weighted by Gasteiger charge is -2.37. The molecule has 1 saturated heterocycles. The summed E-state index contributed by atoms with van der Waals surface area (Å²) in [4.78, 5) is 6.33. The summed E-state index contributed by atoms with van der Waals surface area (Å²) in [6.45, 7) is 4.42. The molecule has 1 aromatic heterocycles. The number of hydrogen-bond donors (Lipinski definition) is 0. The monoisotopic (exact) mass is 217 g/mol. The molecule has 0 radical (unpaired) electrons. The van der Waals surface area contributed by atoms with Crippen LogP contribution in [-0.4, -0.2) is 30.8 Å². The van der Waals surface area contributed by atoms with Crippen molar-refractivity contribution in [1.29, 1.82) is 5.26 Å². The van der Waals surface area contributed by atoms with E-state index in [1.54, 1.807) is 6.20 Å². The van der Waals surface area contributed by atoms with Gasteiger partial charge in [0.1, 0.15) is 6.07 Å². The average Bonchev–Trinajstić information content (AvgIpc) is 2.38. The predicted octanol–water partition coefficient (Wildman–Crippen LogP) is 1.57. The Morgan fingerprint density at radius 2 is 2.56 bits per heavy atom. The Morgan fingerprint density at radius 3 is 3.31 bits per heavy atom. The molecule has 2 heterocycles. The molecule has 0 spiro atoms. The molecule has 16 heavy (non-hydrogen) atoms. The molecule has 84 valence electrons. The molecular formula is C12H15N3O. The third kappa shape index (κ3) is 2.00. The van der Waals surface area contributed by atoms with Crippen molar-refractivity contribution in [2.75, 3.05) is 24.7 Å². The minimum absolute atomic E-state index is 0.352. The lowest BCUT2D eigenvalue weighted by atomic mass is 10.1. The molecule has 0 N–H and O–H groups in total. The van der Waals surface area contributed by atoms with E-state index in [0.717, 1.165) is 31.9 Å². The van der Waals surface area contributed by atoms with E-state index < -0.39 is 0 Å². The molecule has 1 unspecified atom stereocenters. The largest absolute Gasteiger partial charge is 0.377 e. The molecule has 0 saturated carbocycles. The number of morpholine rings is 1. The summed E-state index contributed by atoms with van der Waals surface area (Å²) in [6.07, 6.45) is 2.67. The lowest BCUT2D eigenvalue weighted by Crippen LogP contribution is -2.45. The number of pyridine rings is 1. The number of nitrogens with zero attached hydrogens (tertiary/aromatic N) is 3. The smallest absolute Gasteiger partial charge is 0.163 e. The second kappa shape index (κ2) is 4.95. The van der Waals surface area contributed by atoms with Crippen LogP contribution in [0.4, 0.5) is 5.69 Å². The Morgan fingerprint density at radius 1 is 1.69 bits per heavy atom. The fraction of sp³-hybridized carbons (Fsp3) is 0.500. The summed E-state index contributed by atoms with van der Waals surface area (Å²) in [5.74, 6) is 0. The third-order valence-corrected chi connectivity index (χ3v) is 2.90. The van der Waals surface area contributed by atoms with Crippen LogP contribution in [0.25, 0.3) is 0 Å². The van der Waals surface area contributed by atoms with Crippen LogP contribution in [0.2, 0.25) is 0 Å². The normalized spacial score (nSPS) is 20.5. The highest BCUT2D eigenvalue weighted by Crippen LogP contribution is 2.23. The van der Waals surface area contributed by atoms with E-state index in [9.17, 15) is 0 Å². The summed E-state index contributed by atoms with van der Waals surface area (Å²) in [5, 5.41) is 9.04. The summed E-state index contributed by atoms with van der Waals surface area (Å²) < 4.78 is 5.45. The SMILES string of the molecule is CCC1COCCN1c1cccnc1C#N. The van der Waals surface area contributed by atoms with Crippen molar-refractivity contribution in [2.24, 2.45) is 0 Å². The zero-order valence-corrected chi connectivity index (χ0v) is 9.39. The summed E-state index contributed by atoms with van der Waals surface area (Å²) in [7, 11) is 0. The van der Waals surface area contributed by atoms with Gasteiger partial charge >= 0.3 is 0 Å². The topological polar surface area (TPSA) is 49.1 Å². The number of ether oxygens (including phenoxy) is 1. The van der Waals surface area contributed by atoms with E-state index in [1.807, 2.05) is 12.1 Å². The number of aromatic nitrogens is 1. The second-order valence-corrected chi connectivity index (χ2v) is 3.81. The van der Waals surface area contributed by atoms with Crippen LogP contribution in [0.15, 0.2) is 18.3 Å². The summed E-state index contributed by atoms with van der Waals surface area (Å²) in [5.41, 5.74) is 1.43. The molecule has 1 aromatic rings. The first kappa shape index (κ1) is 10.9. The molecule has 0 aromatic carbocycles. The van der Waals surface area contributed by atoms with Gasteiger partial charge in [0, 0.05) is 12.7 Å². The number of rotatable bonds is 2. The van der Waals surface area contributed by atoms with Crippen LogP contribution in [0.1, 0.15) is 19.0 Å². The molecular weight excluding hydrogens is 202 g/mol. The van der Waals surface area contributed by atoms with Gasteiger partial charge in [-0.1, -0.05) is 6.92 Å². The Labute approximate surface area is 95.5 Å². The summed E-state index contributed by atoms with van der Waals surface area (Å²) in [6, 6.07) is 6.33. The molecule has 2 rings (SSSR count). The Hall–Kier alpha value is -1.60. The third-order valence-electron chi connectivity index (χ3n) is 2.90. The van der Waals surface area contributed by atoms with E-state index >= 15 is 0 Å². The van der Waals surface area contributed by atoms with Crippen molar-refractivity contribution in [3.05, 3.63) is 24.0 Å². The highest BCUT2D eigenvalue weighted by molar-refractivity contribution is 5.56. The second-order valence-electron chi connectivity index (χ2n) is 3.81. The molecule has 1 aliphatic heterocycles. The van der Waals surface area contributed by atoms with Crippen LogP contribution in [0, 0.1) is 11.3 Å². The molecule has 0 aliphatic carbocycles. The standard InChI is InChI=1S/C12H15N3O/c1-2-10-9-16-7-6-15(10)12-4-3-5-14-11(12)8-13/h3-5,10H,2,6-7,9H2,1H3. The number of anilines is 1. The maximum absolute atomic E-state index is 9.04. The quantitative estimate of drug-likeness (QED) is 0.754. The predicted molar refractivity (Wildman–Crippen MR) is 61.2 cm³/mol. The van der Waals surface area contributed by atoms with Crippen LogP contribution >= 0.6 is 0 Å². The average molecular weight is 217 g/mol. The minimum atomic E-state index is 0.352. The van der Waals surface area contributed by atoms with Crippen molar-refractivity contribution >= 4 is 5.69 Å². The van der Waals surface area contributed by atoms with Gasteiger partial charge in [0.15, 0.2) is 5.69 Å². The van der Waals surface area contributed by atoms with Crippen molar-refractivity contribution in [2.45, 2.75) is 19.4 Å². The van der Waals surface area contributed by atoms with Crippen LogP contribution in [0.3, 0.4) is 0 Å². The Balaban J connectivity index is 2.31. The molecule has 0 amide bonds. The first-order valence-corrected chi connectivity index (χ1v) is 5.56. The van der Waals surface area contributed by atoms with E-state index in [2.05, 4.69) is 22.9 Å². The van der Waals surface area contributed by atoms with Crippen molar-refractivity contribution in [3.8, 4) is 6.07 Å². The Bertz CT molecular complexity index is 399. The molecule has 1 atom stereocenters. The van der Waals surface area contributed by atoms with E-state index in [4.69, 9.17) is 10.00 Å². The molecule has 4 heteroatoms. The van der Waals surface area contributed by atoms with Crippen molar-refractivity contribution in [3.63, 3.8) is 0 Å². The van der Waals surface area contributed by atoms with Gasteiger partial charge < -0.3 is 9.64 Å². The van der Waals surface area contributed by atoms with Gasteiger partial charge in [-0.15, -0.1) is 0 Å². The van der Waals surface area contributed by atoms with Gasteiger partial charge in [0.05, 0.1) is 24.9 Å². The first-order chi connectivity index (χ1) is 7.86. The maximum atomic E-state index is 9.04. The van der Waals surface area contributed by atoms with Crippen LogP contribution < -0.4 is 4.90 Å². The molecule has 1 aliphatic rings. The Kier molecular flexibility index (Phi) is 3.37. The fourth-order valence-electron chi connectivity index (χ4n) is 2.02. The van der Waals surface area contributed by atoms with Crippen LogP contribution in [0.5, 0.6) is 0 Å². The highest BCUT2D eigenvalue weighted by Gasteiger charge is 2.23. The molecule has 4 nitrogen and oxygen atoms in total. The molecule has 1 fully saturated rings. The van der Waals surface area contributed by atoms with E-state index in [0.29, 0.717) is 11.7 Å². The zero-order valence-electron chi connectivity index (χ0n) is 9.39. The van der Waals surface area contributed by atoms with Gasteiger partial charge in [-0.2, -0.15) is 5.26 Å². The minimum Gasteiger partial charge on any atom is -0.377 e. The molecule has 0 bridgehead atoms. The van der Waals surface area contributed by atoms with E-state index in [1.165, 1.54) is 0 Å². The van der Waals surface area contributed by atoms with Crippen LogP contribution in [-0.2, 0) is 4.74 Å². The van der Waals surface area contributed by atoms with Gasteiger partial charge in [-0.05, 0) is 18.6 Å². The van der Waals surface area contributed by atoms with Gasteiger partial charge in [0.2, 0.25) is 0 Å². The fourth-order valence-corrected chi connectivity index (χ4v) is 2.02. The van der Waals surface area contributed by atoms with E-state index in [-0.39, 0.29) is 0 Å². The van der Waals surface area contributed by atoms with Gasteiger partial charge in [-0.25, -0.2) is 4.98 Å². The number of nitriles is 1. The van der Waals surface area contributed by atoms with Gasteiger partial charge in [-0.3, -0.25) is 0 Å². The lowest BCUT2D eigenvalue weighted by molar-refractivity contribution is 0.0929. The van der Waals surface area contributed by atoms with Crippen molar-refractivity contribution < 1.29 is 4.74 Å². The van der Waals surface area contributed by atoms with Gasteiger partial charge in [0.25, 0.3) is 0 Å². The highest BCUT2D eigenvalue weighted by atomic mass is 16.5. The van der Waals surface area contributed by atoms with Crippen molar-refractivity contribution in [1.82, 2.24) is 4.98 Å². The number of hydrogen-bond acceptors (Lipinski definition) is 4. The summed E-state index contributed by atoms with van der Waals surface area (Å²) >= 11 is 0. The first-order valence-electron chi connectivity index (χ1n) is 5.56. The zero-order chi connectivity index (χ0) is 11.4.